The van der Waals surface area contributed by atoms with E-state index in [2.05, 4.69) is 20.8 Å². The maximum Gasteiger partial charge on any atom is 0.0839 e. The molecule has 0 aliphatic carbocycles. The second-order valence-electron chi connectivity index (χ2n) is 8.97. The second kappa shape index (κ2) is 17.1. The summed E-state index contributed by atoms with van der Waals surface area (Å²) in [5, 5.41) is 0. The minimum absolute atomic E-state index is 0.558. The molecule has 0 amide bonds. The third-order valence-electron chi connectivity index (χ3n) is 6.48. The van der Waals surface area contributed by atoms with E-state index < -0.39 is 0 Å². The maximum atomic E-state index is 5.50. The van der Waals surface area contributed by atoms with Crippen molar-refractivity contribution in [3.63, 3.8) is 0 Å². The highest BCUT2D eigenvalue weighted by Gasteiger charge is 2.32. The molecule has 0 radical (unpaired) electrons. The van der Waals surface area contributed by atoms with E-state index in [-0.39, 0.29) is 0 Å². The van der Waals surface area contributed by atoms with Crippen LogP contribution in [0.4, 0.5) is 0 Å². The van der Waals surface area contributed by atoms with Crippen LogP contribution in [0.3, 0.4) is 0 Å². The van der Waals surface area contributed by atoms with Gasteiger partial charge >= 0.3 is 0 Å². The second-order valence-corrected chi connectivity index (χ2v) is 8.97. The van der Waals surface area contributed by atoms with Crippen molar-refractivity contribution < 1.29 is 4.74 Å². The Kier molecular flexibility index (Phi) is 15.8. The van der Waals surface area contributed by atoms with E-state index in [1.807, 2.05) is 0 Å². The molecule has 1 heterocycles. The minimum Gasteiger partial charge on any atom is -0.370 e. The lowest BCUT2D eigenvalue weighted by Crippen LogP contribution is -2.00. The number of hydrogen-bond acceptors (Lipinski definition) is 1. The van der Waals surface area contributed by atoms with Crippen molar-refractivity contribution in [2.45, 2.75) is 155 Å². The van der Waals surface area contributed by atoms with Gasteiger partial charge in [-0.2, -0.15) is 0 Å². The summed E-state index contributed by atoms with van der Waals surface area (Å²) >= 11 is 0. The largest absolute Gasteiger partial charge is 0.370 e. The van der Waals surface area contributed by atoms with Gasteiger partial charge in [0.15, 0.2) is 0 Å². The van der Waals surface area contributed by atoms with E-state index in [4.69, 9.17) is 4.74 Å². The highest BCUT2D eigenvalue weighted by atomic mass is 16.6. The summed E-state index contributed by atoms with van der Waals surface area (Å²) in [5.74, 6) is 0.986. The van der Waals surface area contributed by atoms with Crippen molar-refractivity contribution in [3.8, 4) is 0 Å². The van der Waals surface area contributed by atoms with Gasteiger partial charge in [0.25, 0.3) is 0 Å². The molecule has 1 nitrogen and oxygen atoms in total. The van der Waals surface area contributed by atoms with Crippen molar-refractivity contribution >= 4 is 0 Å². The average Bonchev–Trinajstić information content (AvgIpc) is 3.35. The van der Waals surface area contributed by atoms with Crippen LogP contribution in [-0.4, -0.2) is 12.2 Å². The fraction of sp³-hybridized carbons (Fsp3) is 1.00. The Morgan fingerprint density at radius 1 is 0.615 bits per heavy atom. The average molecular weight is 367 g/mol. The lowest BCUT2D eigenvalue weighted by molar-refractivity contribution is 0.354. The maximum absolute atomic E-state index is 5.50. The predicted octanol–water partition coefficient (Wildman–Crippen LogP) is 8.84. The van der Waals surface area contributed by atoms with Crippen LogP contribution in [0.25, 0.3) is 0 Å². The van der Waals surface area contributed by atoms with E-state index in [1.165, 1.54) is 122 Å². The van der Waals surface area contributed by atoms with Gasteiger partial charge in [0.05, 0.1) is 12.2 Å². The Bertz CT molecular complexity index is 288. The normalized spacial score (nSPS) is 20.4. The van der Waals surface area contributed by atoms with Gasteiger partial charge in [0, 0.05) is 0 Å². The quantitative estimate of drug-likeness (QED) is 0.155. The topological polar surface area (TPSA) is 12.5 Å². The first-order valence-electron chi connectivity index (χ1n) is 12.4. The Morgan fingerprint density at radius 2 is 1.04 bits per heavy atom. The molecular weight excluding hydrogens is 316 g/mol. The van der Waals surface area contributed by atoms with Crippen LogP contribution in [-0.2, 0) is 4.74 Å². The highest BCUT2D eigenvalue weighted by Crippen LogP contribution is 2.28. The van der Waals surface area contributed by atoms with Crippen LogP contribution in [0.5, 0.6) is 0 Å². The highest BCUT2D eigenvalue weighted by molar-refractivity contribution is 4.79. The SMILES string of the molecule is CCCCCCCCCCCCCCCC(CC)CCCCC1OC1C. The summed E-state index contributed by atoms with van der Waals surface area (Å²) < 4.78 is 5.50. The fourth-order valence-corrected chi connectivity index (χ4v) is 4.31. The number of ether oxygens (including phenoxy) is 1. The molecule has 0 aromatic carbocycles. The van der Waals surface area contributed by atoms with E-state index in [9.17, 15) is 0 Å². The third kappa shape index (κ3) is 14.1. The van der Waals surface area contributed by atoms with Gasteiger partial charge in [-0.3, -0.25) is 0 Å². The molecule has 3 unspecified atom stereocenters. The molecule has 0 saturated carbocycles. The van der Waals surface area contributed by atoms with Crippen LogP contribution in [0.15, 0.2) is 0 Å². The fourth-order valence-electron chi connectivity index (χ4n) is 4.31. The zero-order valence-corrected chi connectivity index (χ0v) is 18.6. The predicted molar refractivity (Wildman–Crippen MR) is 117 cm³/mol. The van der Waals surface area contributed by atoms with E-state index in [0.717, 1.165) is 5.92 Å². The van der Waals surface area contributed by atoms with Gasteiger partial charge in [-0.25, -0.2) is 0 Å². The number of unbranched alkanes of at least 4 members (excludes halogenated alkanes) is 13. The van der Waals surface area contributed by atoms with Crippen LogP contribution in [0, 0.1) is 5.92 Å². The zero-order valence-electron chi connectivity index (χ0n) is 18.6. The molecule has 1 rings (SSSR count). The van der Waals surface area contributed by atoms with E-state index in [0.29, 0.717) is 12.2 Å². The minimum atomic E-state index is 0.558. The van der Waals surface area contributed by atoms with Crippen molar-refractivity contribution in [1.82, 2.24) is 0 Å². The van der Waals surface area contributed by atoms with Crippen molar-refractivity contribution in [2.75, 3.05) is 0 Å². The van der Waals surface area contributed by atoms with Crippen LogP contribution in [0.1, 0.15) is 143 Å². The summed E-state index contributed by atoms with van der Waals surface area (Å²) in [6, 6.07) is 0. The first kappa shape index (κ1) is 24.0. The third-order valence-corrected chi connectivity index (χ3v) is 6.48. The lowest BCUT2D eigenvalue weighted by Gasteiger charge is -2.14. The Morgan fingerprint density at radius 3 is 1.46 bits per heavy atom. The van der Waals surface area contributed by atoms with Crippen LogP contribution < -0.4 is 0 Å². The summed E-state index contributed by atoms with van der Waals surface area (Å²) in [7, 11) is 0. The zero-order chi connectivity index (χ0) is 18.9. The molecule has 156 valence electrons. The summed E-state index contributed by atoms with van der Waals surface area (Å²) in [5.41, 5.74) is 0. The number of epoxide rings is 1. The van der Waals surface area contributed by atoms with Crippen molar-refractivity contribution in [2.24, 2.45) is 5.92 Å². The molecule has 3 atom stereocenters. The van der Waals surface area contributed by atoms with Crippen molar-refractivity contribution in [1.29, 1.82) is 0 Å². The molecule has 1 saturated heterocycles. The standard InChI is InChI=1S/C25H50O/c1-4-6-7-8-9-10-11-12-13-14-15-16-17-20-24(5-2)21-18-19-22-25-23(3)26-25/h23-25H,4-22H2,1-3H3. The molecular formula is C25H50O. The molecule has 0 spiro atoms. The van der Waals surface area contributed by atoms with E-state index >= 15 is 0 Å². The number of hydrogen-bond donors (Lipinski definition) is 0. The molecule has 0 bridgehead atoms. The van der Waals surface area contributed by atoms with Gasteiger partial charge in [0.1, 0.15) is 0 Å². The van der Waals surface area contributed by atoms with Gasteiger partial charge in [-0.15, -0.1) is 0 Å². The van der Waals surface area contributed by atoms with Gasteiger partial charge in [-0.05, 0) is 19.3 Å². The Labute approximate surface area is 166 Å². The molecule has 0 N–H and O–H groups in total. The molecule has 1 aliphatic heterocycles. The van der Waals surface area contributed by atoms with Gasteiger partial charge in [0.2, 0.25) is 0 Å². The summed E-state index contributed by atoms with van der Waals surface area (Å²) in [6.07, 6.45) is 28.6. The molecule has 26 heavy (non-hydrogen) atoms. The van der Waals surface area contributed by atoms with Gasteiger partial charge in [-0.1, -0.05) is 129 Å². The molecule has 0 aromatic rings. The lowest BCUT2D eigenvalue weighted by atomic mass is 9.92. The first-order chi connectivity index (χ1) is 12.8. The first-order valence-corrected chi connectivity index (χ1v) is 12.4. The summed E-state index contributed by atoms with van der Waals surface area (Å²) in [6.45, 7) is 6.89. The summed E-state index contributed by atoms with van der Waals surface area (Å²) in [4.78, 5) is 0. The van der Waals surface area contributed by atoms with E-state index in [1.54, 1.807) is 0 Å². The van der Waals surface area contributed by atoms with Crippen molar-refractivity contribution in [3.05, 3.63) is 0 Å². The molecule has 1 fully saturated rings. The molecule has 1 aliphatic rings. The van der Waals surface area contributed by atoms with Gasteiger partial charge < -0.3 is 4.74 Å². The Hall–Kier alpha value is -0.0400. The van der Waals surface area contributed by atoms with Crippen LogP contribution >= 0.6 is 0 Å². The molecule has 0 aromatic heterocycles. The monoisotopic (exact) mass is 366 g/mol. The molecule has 1 heteroatoms. The smallest absolute Gasteiger partial charge is 0.0839 e. The number of rotatable bonds is 20. The van der Waals surface area contributed by atoms with Crippen LogP contribution in [0.2, 0.25) is 0 Å². The Balaban J connectivity index is 1.76.